The van der Waals surface area contributed by atoms with E-state index in [4.69, 9.17) is 11.6 Å². The summed E-state index contributed by atoms with van der Waals surface area (Å²) in [4.78, 5) is 12.3. The Balaban J connectivity index is 1.85. The second-order valence-corrected chi connectivity index (χ2v) is 8.24. The number of benzene rings is 3. The monoisotopic (exact) mass is 454 g/mol. The predicted octanol–water partition coefficient (Wildman–Crippen LogP) is 5.41. The van der Waals surface area contributed by atoms with Crippen LogP contribution in [0.3, 0.4) is 0 Å². The molecular formula is C20H14ClF3N2O3S. The van der Waals surface area contributed by atoms with Crippen LogP contribution in [-0.2, 0) is 16.2 Å². The molecule has 0 aromatic heterocycles. The summed E-state index contributed by atoms with van der Waals surface area (Å²) < 4.78 is 66.2. The third kappa shape index (κ3) is 5.11. The molecular weight excluding hydrogens is 441 g/mol. The molecule has 10 heteroatoms. The molecule has 0 fully saturated rings. The molecule has 0 bridgehead atoms. The molecule has 0 spiro atoms. The van der Waals surface area contributed by atoms with Crippen LogP contribution in [0.4, 0.5) is 24.5 Å². The maximum atomic E-state index is 12.9. The minimum absolute atomic E-state index is 0.0700. The number of rotatable bonds is 5. The molecule has 0 unspecified atom stereocenters. The largest absolute Gasteiger partial charge is 0.416 e. The molecule has 0 aliphatic rings. The number of anilines is 2. The number of sulfonamides is 1. The van der Waals surface area contributed by atoms with Crippen LogP contribution < -0.4 is 10.0 Å². The van der Waals surface area contributed by atoms with Gasteiger partial charge >= 0.3 is 6.18 Å². The summed E-state index contributed by atoms with van der Waals surface area (Å²) in [5, 5.41) is 2.19. The Bertz CT molecular complexity index is 1180. The molecule has 3 rings (SSSR count). The van der Waals surface area contributed by atoms with E-state index in [0.29, 0.717) is 11.8 Å². The lowest BCUT2D eigenvalue weighted by Crippen LogP contribution is -2.16. The van der Waals surface area contributed by atoms with Gasteiger partial charge in [-0.25, -0.2) is 8.42 Å². The minimum atomic E-state index is -4.61. The number of hydrogen-bond donors (Lipinski definition) is 2. The Hall–Kier alpha value is -3.04. The van der Waals surface area contributed by atoms with Gasteiger partial charge in [0.1, 0.15) is 0 Å². The van der Waals surface area contributed by atoms with Gasteiger partial charge in [0.25, 0.3) is 15.9 Å². The molecule has 3 aromatic carbocycles. The lowest BCUT2D eigenvalue weighted by atomic mass is 10.1. The van der Waals surface area contributed by atoms with Crippen LogP contribution in [0, 0.1) is 0 Å². The number of para-hydroxylation sites is 1. The number of nitrogens with one attached hydrogen (secondary N) is 2. The number of hydrogen-bond acceptors (Lipinski definition) is 3. The van der Waals surface area contributed by atoms with Gasteiger partial charge in [-0.15, -0.1) is 0 Å². The van der Waals surface area contributed by atoms with Crippen LogP contribution in [-0.4, -0.2) is 14.3 Å². The standard InChI is InChI=1S/C20H14ClF3N2O3S/c21-17-10-9-14(20(22,23)24)12-18(17)25-19(27)13-5-4-8-16(11-13)30(28,29)26-15-6-2-1-3-7-15/h1-12,26H,(H,25,27). The summed E-state index contributed by atoms with van der Waals surface area (Å²) in [6, 6.07) is 15.8. The summed E-state index contributed by atoms with van der Waals surface area (Å²) in [5.41, 5.74) is -0.958. The van der Waals surface area contributed by atoms with Gasteiger partial charge in [-0.2, -0.15) is 13.2 Å². The van der Waals surface area contributed by atoms with Gasteiger partial charge in [-0.1, -0.05) is 35.9 Å². The Morgan fingerprint density at radius 3 is 2.27 bits per heavy atom. The second-order valence-electron chi connectivity index (χ2n) is 6.15. The highest BCUT2D eigenvalue weighted by atomic mass is 35.5. The van der Waals surface area contributed by atoms with Crippen molar-refractivity contribution in [2.45, 2.75) is 11.1 Å². The van der Waals surface area contributed by atoms with Crippen molar-refractivity contribution in [3.05, 3.63) is 88.9 Å². The number of carbonyl (C=O) groups is 1. The maximum absolute atomic E-state index is 12.9. The average Bonchev–Trinajstić information content (AvgIpc) is 2.69. The zero-order valence-corrected chi connectivity index (χ0v) is 16.6. The zero-order chi connectivity index (χ0) is 21.9. The van der Waals surface area contributed by atoms with E-state index in [1.807, 2.05) is 0 Å². The third-order valence-electron chi connectivity index (χ3n) is 3.97. The first kappa shape index (κ1) is 21.7. The molecule has 1 amide bonds. The van der Waals surface area contributed by atoms with Crippen LogP contribution in [0.15, 0.2) is 77.7 Å². The number of alkyl halides is 3. The molecule has 5 nitrogen and oxygen atoms in total. The van der Waals surface area contributed by atoms with Gasteiger partial charge in [0.05, 0.1) is 21.2 Å². The smallest absolute Gasteiger partial charge is 0.321 e. The van der Waals surface area contributed by atoms with Crippen LogP contribution in [0.2, 0.25) is 5.02 Å². The highest BCUT2D eigenvalue weighted by Crippen LogP contribution is 2.34. The van der Waals surface area contributed by atoms with Gasteiger partial charge in [0.15, 0.2) is 0 Å². The van der Waals surface area contributed by atoms with Crippen molar-refractivity contribution < 1.29 is 26.4 Å². The van der Waals surface area contributed by atoms with Crippen molar-refractivity contribution >= 4 is 38.9 Å². The van der Waals surface area contributed by atoms with Gasteiger partial charge in [0.2, 0.25) is 0 Å². The molecule has 0 atom stereocenters. The summed E-state index contributed by atoms with van der Waals surface area (Å²) in [7, 11) is -3.98. The van der Waals surface area contributed by atoms with E-state index in [9.17, 15) is 26.4 Å². The molecule has 3 aromatic rings. The zero-order valence-electron chi connectivity index (χ0n) is 15.1. The lowest BCUT2D eigenvalue weighted by Gasteiger charge is -2.12. The van der Waals surface area contributed by atoms with E-state index in [-0.39, 0.29) is 21.2 Å². The fraction of sp³-hybridized carbons (Fsp3) is 0.0500. The topological polar surface area (TPSA) is 75.3 Å². The van der Waals surface area contributed by atoms with Crippen molar-refractivity contribution in [1.29, 1.82) is 0 Å². The SMILES string of the molecule is O=C(Nc1cc(C(F)(F)F)ccc1Cl)c1cccc(S(=O)(=O)Nc2ccccc2)c1. The first-order valence-corrected chi connectivity index (χ1v) is 10.3. The maximum Gasteiger partial charge on any atom is 0.416 e. The summed E-state index contributed by atoms with van der Waals surface area (Å²) in [5.74, 6) is -0.812. The van der Waals surface area contributed by atoms with Crippen molar-refractivity contribution in [3.63, 3.8) is 0 Å². The summed E-state index contributed by atoms with van der Waals surface area (Å²) in [6.45, 7) is 0. The van der Waals surface area contributed by atoms with E-state index in [2.05, 4.69) is 10.0 Å². The molecule has 30 heavy (non-hydrogen) atoms. The quantitative estimate of drug-likeness (QED) is 0.541. The number of halogens is 4. The Labute approximate surface area is 175 Å². The van der Waals surface area contributed by atoms with Crippen LogP contribution in [0.5, 0.6) is 0 Å². The van der Waals surface area contributed by atoms with Gasteiger partial charge in [-0.3, -0.25) is 9.52 Å². The van der Waals surface area contributed by atoms with E-state index >= 15 is 0 Å². The van der Waals surface area contributed by atoms with E-state index < -0.39 is 27.7 Å². The fourth-order valence-electron chi connectivity index (χ4n) is 2.52. The second kappa shape index (κ2) is 8.37. The van der Waals surface area contributed by atoms with Crippen molar-refractivity contribution in [1.82, 2.24) is 0 Å². The highest BCUT2D eigenvalue weighted by Gasteiger charge is 2.31. The molecule has 0 aliphatic carbocycles. The van der Waals surface area contributed by atoms with E-state index in [0.717, 1.165) is 18.2 Å². The fourth-order valence-corrected chi connectivity index (χ4v) is 3.79. The van der Waals surface area contributed by atoms with E-state index in [1.54, 1.807) is 30.3 Å². The van der Waals surface area contributed by atoms with Gasteiger partial charge < -0.3 is 5.32 Å². The minimum Gasteiger partial charge on any atom is -0.321 e. The third-order valence-corrected chi connectivity index (χ3v) is 5.68. The van der Waals surface area contributed by atoms with Crippen LogP contribution >= 0.6 is 11.6 Å². The molecule has 2 N–H and O–H groups in total. The normalized spacial score (nSPS) is 11.7. The molecule has 156 valence electrons. The number of carbonyl (C=O) groups excluding carboxylic acids is 1. The molecule has 0 heterocycles. The molecule has 0 aliphatic heterocycles. The first-order chi connectivity index (χ1) is 14.1. The molecule has 0 radical (unpaired) electrons. The van der Waals surface area contributed by atoms with Crippen molar-refractivity contribution in [3.8, 4) is 0 Å². The Morgan fingerprint density at radius 1 is 0.900 bits per heavy atom. The lowest BCUT2D eigenvalue weighted by molar-refractivity contribution is -0.137. The Kier molecular flexibility index (Phi) is 6.04. The summed E-state index contributed by atoms with van der Waals surface area (Å²) in [6.07, 6.45) is -4.61. The predicted molar refractivity (Wildman–Crippen MR) is 108 cm³/mol. The van der Waals surface area contributed by atoms with Crippen LogP contribution in [0.25, 0.3) is 0 Å². The van der Waals surface area contributed by atoms with Crippen LogP contribution in [0.1, 0.15) is 15.9 Å². The highest BCUT2D eigenvalue weighted by molar-refractivity contribution is 7.92. The average molecular weight is 455 g/mol. The molecule has 0 saturated heterocycles. The van der Waals surface area contributed by atoms with Gasteiger partial charge in [0, 0.05) is 11.3 Å². The van der Waals surface area contributed by atoms with Crippen molar-refractivity contribution in [2.75, 3.05) is 10.0 Å². The summed E-state index contributed by atoms with van der Waals surface area (Å²) >= 11 is 5.88. The van der Waals surface area contributed by atoms with Gasteiger partial charge in [-0.05, 0) is 48.5 Å². The van der Waals surface area contributed by atoms with Crippen molar-refractivity contribution in [2.24, 2.45) is 0 Å². The first-order valence-electron chi connectivity index (χ1n) is 8.42. The number of amides is 1. The Morgan fingerprint density at radius 2 is 1.60 bits per heavy atom. The van der Waals surface area contributed by atoms with E-state index in [1.165, 1.54) is 18.2 Å². The molecule has 0 saturated carbocycles.